The van der Waals surface area contributed by atoms with E-state index in [1.807, 2.05) is 42.6 Å². The van der Waals surface area contributed by atoms with E-state index in [9.17, 15) is 4.79 Å². The first-order chi connectivity index (χ1) is 16.5. The Hall–Kier alpha value is -3.31. The summed E-state index contributed by atoms with van der Waals surface area (Å²) in [6, 6.07) is 21.6. The molecule has 0 saturated carbocycles. The predicted octanol–water partition coefficient (Wildman–Crippen LogP) is 5.38. The van der Waals surface area contributed by atoms with E-state index >= 15 is 0 Å². The SMILES string of the molecule is CC(C)N1C2CCC1c1c(n(C)c3cc(-n4ccc(OCc5ccccc5)cc4=O)ccc13)C2. The van der Waals surface area contributed by atoms with E-state index in [1.54, 1.807) is 10.6 Å². The molecular weight excluding hydrogens is 422 g/mol. The van der Waals surface area contributed by atoms with Crippen LogP contribution in [0.25, 0.3) is 16.6 Å². The fraction of sp³-hybridized carbons (Fsp3) is 0.345. The van der Waals surface area contributed by atoms with Crippen LogP contribution in [0.2, 0.25) is 0 Å². The molecule has 1 saturated heterocycles. The minimum atomic E-state index is -0.0890. The van der Waals surface area contributed by atoms with E-state index in [4.69, 9.17) is 4.74 Å². The zero-order valence-corrected chi connectivity index (χ0v) is 20.1. The van der Waals surface area contributed by atoms with Gasteiger partial charge in [0, 0.05) is 54.9 Å². The lowest BCUT2D eigenvalue weighted by atomic mass is 9.95. The molecule has 2 aliphatic heterocycles. The summed E-state index contributed by atoms with van der Waals surface area (Å²) in [5, 5.41) is 1.33. The number of hydrogen-bond donors (Lipinski definition) is 0. The van der Waals surface area contributed by atoms with Crippen LogP contribution in [-0.2, 0) is 20.1 Å². The van der Waals surface area contributed by atoms with Crippen LogP contribution in [0.3, 0.4) is 0 Å². The normalized spacial score (nSPS) is 19.6. The Morgan fingerprint density at radius 1 is 1.03 bits per heavy atom. The third-order valence-corrected chi connectivity index (χ3v) is 7.68. The Bertz CT molecular complexity index is 1420. The Morgan fingerprint density at radius 2 is 1.85 bits per heavy atom. The lowest BCUT2D eigenvalue weighted by Gasteiger charge is -2.38. The summed E-state index contributed by atoms with van der Waals surface area (Å²) in [6.07, 6.45) is 5.44. The summed E-state index contributed by atoms with van der Waals surface area (Å²) in [4.78, 5) is 15.7. The van der Waals surface area contributed by atoms with E-state index in [-0.39, 0.29) is 5.56 Å². The van der Waals surface area contributed by atoms with Crippen molar-refractivity contribution in [2.24, 2.45) is 7.05 Å². The van der Waals surface area contributed by atoms with Crippen LogP contribution in [0.5, 0.6) is 5.75 Å². The van der Waals surface area contributed by atoms with Crippen LogP contribution in [0, 0.1) is 0 Å². The van der Waals surface area contributed by atoms with Crippen molar-refractivity contribution in [1.29, 1.82) is 0 Å². The van der Waals surface area contributed by atoms with Crippen LogP contribution < -0.4 is 10.3 Å². The monoisotopic (exact) mass is 453 g/mol. The van der Waals surface area contributed by atoms with Crippen molar-refractivity contribution in [3.8, 4) is 11.4 Å². The smallest absolute Gasteiger partial charge is 0.258 e. The van der Waals surface area contributed by atoms with Gasteiger partial charge < -0.3 is 9.30 Å². The molecule has 5 heteroatoms. The molecule has 5 nitrogen and oxygen atoms in total. The van der Waals surface area contributed by atoms with Crippen LogP contribution in [-0.4, -0.2) is 26.1 Å². The van der Waals surface area contributed by atoms with Gasteiger partial charge >= 0.3 is 0 Å². The molecule has 0 N–H and O–H groups in total. The molecule has 0 spiro atoms. The molecule has 2 bridgehead atoms. The highest BCUT2D eigenvalue weighted by atomic mass is 16.5. The zero-order chi connectivity index (χ0) is 23.4. The van der Waals surface area contributed by atoms with E-state index in [0.717, 1.165) is 17.7 Å². The van der Waals surface area contributed by atoms with Gasteiger partial charge in [-0.05, 0) is 56.0 Å². The standard InChI is InChI=1S/C29H31N3O2/c1-19(2)32-22-10-12-25(32)29-24-11-9-21(15-26(24)30(3)27(29)16-22)31-14-13-23(17-28(31)33)34-18-20-7-5-4-6-8-20/h4-9,11,13-15,17,19,22,25H,10,12,16,18H2,1-3H3. The van der Waals surface area contributed by atoms with Crippen molar-refractivity contribution < 1.29 is 4.74 Å². The summed E-state index contributed by atoms with van der Waals surface area (Å²) in [7, 11) is 2.18. The molecule has 4 aromatic rings. The summed E-state index contributed by atoms with van der Waals surface area (Å²) in [6.45, 7) is 5.08. The predicted molar refractivity (Wildman–Crippen MR) is 136 cm³/mol. The number of aryl methyl sites for hydroxylation is 1. The molecule has 2 aliphatic rings. The first kappa shape index (κ1) is 21.2. The topological polar surface area (TPSA) is 39.4 Å². The van der Waals surface area contributed by atoms with Crippen molar-refractivity contribution >= 4 is 10.9 Å². The van der Waals surface area contributed by atoms with Crippen molar-refractivity contribution in [3.63, 3.8) is 0 Å². The van der Waals surface area contributed by atoms with Gasteiger partial charge in [0.2, 0.25) is 0 Å². The third-order valence-electron chi connectivity index (χ3n) is 7.68. The minimum absolute atomic E-state index is 0.0890. The number of hydrogen-bond acceptors (Lipinski definition) is 3. The maximum atomic E-state index is 13.0. The number of ether oxygens (including phenoxy) is 1. The molecule has 34 heavy (non-hydrogen) atoms. The Kier molecular flexibility index (Phi) is 5.10. The summed E-state index contributed by atoms with van der Waals surface area (Å²) in [5.74, 6) is 0.588. The molecule has 174 valence electrons. The number of benzene rings is 2. The molecule has 0 radical (unpaired) electrons. The Balaban J connectivity index is 1.33. The second kappa shape index (κ2) is 8.17. The van der Waals surface area contributed by atoms with Crippen LogP contribution in [0.1, 0.15) is 49.6 Å². The molecule has 2 aromatic carbocycles. The lowest BCUT2D eigenvalue weighted by molar-refractivity contribution is 0.134. The van der Waals surface area contributed by atoms with Gasteiger partial charge in [0.15, 0.2) is 0 Å². The van der Waals surface area contributed by atoms with Gasteiger partial charge in [-0.3, -0.25) is 14.3 Å². The highest BCUT2D eigenvalue weighted by Gasteiger charge is 2.43. The van der Waals surface area contributed by atoms with Gasteiger partial charge in [0.05, 0.1) is 11.2 Å². The van der Waals surface area contributed by atoms with E-state index in [1.165, 1.54) is 35.0 Å². The maximum absolute atomic E-state index is 13.0. The quantitative estimate of drug-likeness (QED) is 0.407. The lowest BCUT2D eigenvalue weighted by Crippen LogP contribution is -2.42. The molecule has 2 atom stereocenters. The molecule has 1 fully saturated rings. The fourth-order valence-corrected chi connectivity index (χ4v) is 6.19. The van der Waals surface area contributed by atoms with Gasteiger partial charge in [0.1, 0.15) is 12.4 Å². The van der Waals surface area contributed by atoms with Crippen LogP contribution >= 0.6 is 0 Å². The summed E-state index contributed by atoms with van der Waals surface area (Å²) in [5.41, 5.74) is 6.05. The number of aromatic nitrogens is 2. The number of fused-ring (bicyclic) bond motifs is 6. The highest BCUT2D eigenvalue weighted by Crippen LogP contribution is 2.48. The van der Waals surface area contributed by atoms with Gasteiger partial charge in [-0.1, -0.05) is 36.4 Å². The van der Waals surface area contributed by atoms with Crippen molar-refractivity contribution in [2.45, 2.75) is 57.8 Å². The molecule has 0 aliphatic carbocycles. The summed E-state index contributed by atoms with van der Waals surface area (Å²) >= 11 is 0. The fourth-order valence-electron chi connectivity index (χ4n) is 6.19. The van der Waals surface area contributed by atoms with E-state index in [2.05, 4.69) is 48.6 Å². The average molecular weight is 454 g/mol. The van der Waals surface area contributed by atoms with Gasteiger partial charge in [-0.25, -0.2) is 0 Å². The van der Waals surface area contributed by atoms with Crippen molar-refractivity contribution in [2.75, 3.05) is 0 Å². The van der Waals surface area contributed by atoms with Crippen molar-refractivity contribution in [1.82, 2.24) is 14.0 Å². The molecule has 2 unspecified atom stereocenters. The molecule has 6 rings (SSSR count). The van der Waals surface area contributed by atoms with Gasteiger partial charge in [-0.15, -0.1) is 0 Å². The Morgan fingerprint density at radius 3 is 2.62 bits per heavy atom. The second-order valence-corrected chi connectivity index (χ2v) is 9.96. The molecule has 0 amide bonds. The van der Waals surface area contributed by atoms with Gasteiger partial charge in [-0.2, -0.15) is 0 Å². The number of rotatable bonds is 5. The third kappa shape index (κ3) is 3.38. The largest absolute Gasteiger partial charge is 0.489 e. The first-order valence-electron chi connectivity index (χ1n) is 12.3. The zero-order valence-electron chi connectivity index (χ0n) is 20.1. The van der Waals surface area contributed by atoms with E-state index < -0.39 is 0 Å². The molecule has 4 heterocycles. The average Bonchev–Trinajstić information content (AvgIpc) is 3.31. The molecule has 2 aromatic heterocycles. The summed E-state index contributed by atoms with van der Waals surface area (Å²) < 4.78 is 9.91. The van der Waals surface area contributed by atoms with E-state index in [0.29, 0.717) is 30.5 Å². The number of pyridine rings is 1. The second-order valence-electron chi connectivity index (χ2n) is 9.96. The van der Waals surface area contributed by atoms with Crippen molar-refractivity contribution in [3.05, 3.63) is 94.0 Å². The maximum Gasteiger partial charge on any atom is 0.258 e. The van der Waals surface area contributed by atoms with Crippen LogP contribution in [0.15, 0.2) is 71.7 Å². The molecular formula is C29H31N3O2. The highest BCUT2D eigenvalue weighted by molar-refractivity contribution is 5.88. The van der Waals surface area contributed by atoms with Crippen LogP contribution in [0.4, 0.5) is 0 Å². The van der Waals surface area contributed by atoms with Gasteiger partial charge in [0.25, 0.3) is 5.56 Å². The minimum Gasteiger partial charge on any atom is -0.489 e. The Labute approximate surface area is 200 Å². The number of nitrogens with zero attached hydrogens (tertiary/aromatic N) is 3. The first-order valence-corrected chi connectivity index (χ1v) is 12.3.